The maximum Gasteiger partial charge on any atom is 0.310 e. The SMILES string of the molecule is CC(C)c1nnc2ccc(Oc3ccc(CC(=O)OC(C)(C)C)cc3)cn12. The monoisotopic (exact) mass is 367 g/mol. The molecule has 142 valence electrons. The van der Waals surface area contributed by atoms with Gasteiger partial charge < -0.3 is 9.47 Å². The van der Waals surface area contributed by atoms with Crippen molar-refractivity contribution in [3.63, 3.8) is 0 Å². The quantitative estimate of drug-likeness (QED) is 0.620. The molecule has 0 radical (unpaired) electrons. The Morgan fingerprint density at radius 2 is 1.70 bits per heavy atom. The summed E-state index contributed by atoms with van der Waals surface area (Å²) in [5.41, 5.74) is 1.20. The smallest absolute Gasteiger partial charge is 0.310 e. The van der Waals surface area contributed by atoms with Crippen molar-refractivity contribution in [2.75, 3.05) is 0 Å². The molecule has 6 nitrogen and oxygen atoms in total. The highest BCUT2D eigenvalue weighted by Gasteiger charge is 2.16. The Bertz CT molecular complexity index is 937. The number of hydrogen-bond acceptors (Lipinski definition) is 5. The minimum Gasteiger partial charge on any atom is -0.460 e. The van der Waals surface area contributed by atoms with Crippen LogP contribution in [0.1, 0.15) is 51.9 Å². The first kappa shape index (κ1) is 18.9. The molecule has 6 heteroatoms. The lowest BCUT2D eigenvalue weighted by molar-refractivity contribution is -0.153. The van der Waals surface area contributed by atoms with Gasteiger partial charge in [0.2, 0.25) is 0 Å². The predicted molar refractivity (Wildman–Crippen MR) is 103 cm³/mol. The number of aromatic nitrogens is 3. The van der Waals surface area contributed by atoms with Gasteiger partial charge in [0.05, 0.1) is 12.6 Å². The molecule has 2 aromatic heterocycles. The Hall–Kier alpha value is -2.89. The number of fused-ring (bicyclic) bond motifs is 1. The first-order valence-corrected chi connectivity index (χ1v) is 9.04. The largest absolute Gasteiger partial charge is 0.460 e. The van der Waals surface area contributed by atoms with Gasteiger partial charge in [-0.2, -0.15) is 0 Å². The van der Waals surface area contributed by atoms with E-state index >= 15 is 0 Å². The number of benzene rings is 1. The molecule has 3 aromatic rings. The van der Waals surface area contributed by atoms with E-state index in [9.17, 15) is 4.79 Å². The Labute approximate surface area is 159 Å². The highest BCUT2D eigenvalue weighted by molar-refractivity contribution is 5.73. The third kappa shape index (κ3) is 4.84. The van der Waals surface area contributed by atoms with Crippen LogP contribution in [0.15, 0.2) is 42.6 Å². The van der Waals surface area contributed by atoms with E-state index in [1.807, 2.05) is 67.8 Å². The van der Waals surface area contributed by atoms with E-state index in [0.717, 1.165) is 17.0 Å². The van der Waals surface area contributed by atoms with Gasteiger partial charge in [-0.05, 0) is 50.6 Å². The van der Waals surface area contributed by atoms with Crippen molar-refractivity contribution >= 4 is 11.6 Å². The van der Waals surface area contributed by atoms with Crippen LogP contribution in [-0.4, -0.2) is 26.2 Å². The zero-order valence-electron chi connectivity index (χ0n) is 16.4. The molecular formula is C21H25N3O3. The summed E-state index contributed by atoms with van der Waals surface area (Å²) in [6.45, 7) is 9.73. The van der Waals surface area contributed by atoms with E-state index in [-0.39, 0.29) is 18.3 Å². The normalized spacial score (nSPS) is 11.8. The predicted octanol–water partition coefficient (Wildman–Crippen LogP) is 4.53. The molecule has 0 aliphatic heterocycles. The van der Waals surface area contributed by atoms with Gasteiger partial charge in [-0.15, -0.1) is 10.2 Å². The van der Waals surface area contributed by atoms with Crippen molar-refractivity contribution in [1.29, 1.82) is 0 Å². The number of carbonyl (C=O) groups excluding carboxylic acids is 1. The second kappa shape index (κ2) is 7.39. The molecule has 0 saturated heterocycles. The minimum atomic E-state index is -0.476. The molecular weight excluding hydrogens is 342 g/mol. The molecule has 0 N–H and O–H groups in total. The maximum atomic E-state index is 11.9. The van der Waals surface area contributed by atoms with Gasteiger partial charge in [0, 0.05) is 5.92 Å². The highest BCUT2D eigenvalue weighted by Crippen LogP contribution is 2.24. The maximum absolute atomic E-state index is 11.9. The number of ether oxygens (including phenoxy) is 2. The van der Waals surface area contributed by atoms with Crippen LogP contribution in [0.4, 0.5) is 0 Å². The minimum absolute atomic E-state index is 0.238. The second-order valence-corrected chi connectivity index (χ2v) is 7.82. The summed E-state index contributed by atoms with van der Waals surface area (Å²) in [5.74, 6) is 2.31. The number of pyridine rings is 1. The average molecular weight is 367 g/mol. The summed E-state index contributed by atoms with van der Waals surface area (Å²) in [7, 11) is 0. The third-order valence-corrected chi connectivity index (χ3v) is 3.85. The molecule has 27 heavy (non-hydrogen) atoms. The van der Waals surface area contributed by atoms with E-state index in [1.165, 1.54) is 0 Å². The summed E-state index contributed by atoms with van der Waals surface area (Å²) >= 11 is 0. The average Bonchev–Trinajstić information content (AvgIpc) is 2.98. The Morgan fingerprint density at radius 3 is 2.33 bits per heavy atom. The van der Waals surface area contributed by atoms with Gasteiger partial charge in [0.1, 0.15) is 22.9 Å². The van der Waals surface area contributed by atoms with Gasteiger partial charge in [-0.25, -0.2) is 0 Å². The summed E-state index contributed by atoms with van der Waals surface area (Å²) in [4.78, 5) is 11.9. The molecule has 0 aliphatic carbocycles. The summed E-state index contributed by atoms with van der Waals surface area (Å²) < 4.78 is 13.2. The molecule has 3 rings (SSSR count). The van der Waals surface area contributed by atoms with Crippen molar-refractivity contribution in [2.24, 2.45) is 0 Å². The van der Waals surface area contributed by atoms with Crippen LogP contribution in [0, 0.1) is 0 Å². The molecule has 0 aliphatic rings. The molecule has 0 bridgehead atoms. The fourth-order valence-corrected chi connectivity index (χ4v) is 2.70. The van der Waals surface area contributed by atoms with Crippen LogP contribution in [0.5, 0.6) is 11.5 Å². The molecule has 0 amide bonds. The lowest BCUT2D eigenvalue weighted by Crippen LogP contribution is -2.24. The number of hydrogen-bond donors (Lipinski definition) is 0. The summed E-state index contributed by atoms with van der Waals surface area (Å²) in [5, 5.41) is 8.39. The molecule has 0 saturated carbocycles. The van der Waals surface area contributed by atoms with Gasteiger partial charge in [-0.3, -0.25) is 9.20 Å². The van der Waals surface area contributed by atoms with Crippen LogP contribution in [0.3, 0.4) is 0 Å². The van der Waals surface area contributed by atoms with Crippen LogP contribution < -0.4 is 4.74 Å². The molecule has 0 spiro atoms. The first-order chi connectivity index (χ1) is 12.7. The molecule has 0 unspecified atom stereocenters. The van der Waals surface area contributed by atoms with E-state index in [4.69, 9.17) is 9.47 Å². The number of rotatable bonds is 5. The highest BCUT2D eigenvalue weighted by atomic mass is 16.6. The Kier molecular flexibility index (Phi) is 5.17. The van der Waals surface area contributed by atoms with Crippen LogP contribution >= 0.6 is 0 Å². The molecule has 1 aromatic carbocycles. The van der Waals surface area contributed by atoms with E-state index in [0.29, 0.717) is 11.5 Å². The fourth-order valence-electron chi connectivity index (χ4n) is 2.70. The van der Waals surface area contributed by atoms with Gasteiger partial charge >= 0.3 is 5.97 Å². The van der Waals surface area contributed by atoms with Crippen LogP contribution in [0.25, 0.3) is 5.65 Å². The molecule has 0 atom stereocenters. The summed E-state index contributed by atoms with van der Waals surface area (Å²) in [6.07, 6.45) is 2.13. The topological polar surface area (TPSA) is 65.7 Å². The van der Waals surface area contributed by atoms with Gasteiger partial charge in [0.15, 0.2) is 5.65 Å². The zero-order valence-corrected chi connectivity index (χ0v) is 16.4. The second-order valence-electron chi connectivity index (χ2n) is 7.82. The lowest BCUT2D eigenvalue weighted by Gasteiger charge is -2.19. The lowest BCUT2D eigenvalue weighted by atomic mass is 10.1. The van der Waals surface area contributed by atoms with Crippen LogP contribution in [0.2, 0.25) is 0 Å². The fraction of sp³-hybridized carbons (Fsp3) is 0.381. The molecule has 2 heterocycles. The van der Waals surface area contributed by atoms with E-state index in [1.54, 1.807) is 0 Å². The molecule has 0 fully saturated rings. The van der Waals surface area contributed by atoms with Crippen molar-refractivity contribution < 1.29 is 14.3 Å². The number of nitrogens with zero attached hydrogens (tertiary/aromatic N) is 3. The zero-order chi connectivity index (χ0) is 19.6. The van der Waals surface area contributed by atoms with E-state index in [2.05, 4.69) is 24.0 Å². The van der Waals surface area contributed by atoms with Crippen molar-refractivity contribution in [1.82, 2.24) is 14.6 Å². The van der Waals surface area contributed by atoms with Crippen molar-refractivity contribution in [2.45, 2.75) is 52.6 Å². The third-order valence-electron chi connectivity index (χ3n) is 3.85. The Balaban J connectivity index is 1.70. The number of esters is 1. The van der Waals surface area contributed by atoms with Gasteiger partial charge in [0.25, 0.3) is 0 Å². The van der Waals surface area contributed by atoms with Crippen molar-refractivity contribution in [3.05, 3.63) is 54.0 Å². The van der Waals surface area contributed by atoms with Crippen molar-refractivity contribution in [3.8, 4) is 11.5 Å². The standard InChI is InChI=1S/C21H25N3O3/c1-14(2)20-23-22-18-11-10-17(13-24(18)20)26-16-8-6-15(7-9-16)12-19(25)27-21(3,4)5/h6-11,13-14H,12H2,1-5H3. The van der Waals surface area contributed by atoms with E-state index < -0.39 is 5.60 Å². The Morgan fingerprint density at radius 1 is 1.04 bits per heavy atom. The summed E-state index contributed by atoms with van der Waals surface area (Å²) in [6, 6.07) is 11.2. The van der Waals surface area contributed by atoms with Crippen LogP contribution in [-0.2, 0) is 16.0 Å². The van der Waals surface area contributed by atoms with Gasteiger partial charge in [-0.1, -0.05) is 26.0 Å². The first-order valence-electron chi connectivity index (χ1n) is 9.04. The number of carbonyl (C=O) groups is 1.